The molecule has 0 spiro atoms. The van der Waals surface area contributed by atoms with Crippen molar-refractivity contribution >= 4 is 21.9 Å². The van der Waals surface area contributed by atoms with Crippen LogP contribution in [-0.2, 0) is 4.79 Å². The third-order valence-corrected chi connectivity index (χ3v) is 2.98. The zero-order valence-corrected chi connectivity index (χ0v) is 10.0. The Balaban J connectivity index is 2.55. The monoisotopic (exact) mass is 306 g/mol. The highest BCUT2D eigenvalue weighted by Crippen LogP contribution is 2.42. The van der Waals surface area contributed by atoms with Crippen LogP contribution >= 0.6 is 15.9 Å². The molecule has 1 aromatic carbocycles. The van der Waals surface area contributed by atoms with Crippen molar-refractivity contribution in [2.75, 3.05) is 13.2 Å². The van der Waals surface area contributed by atoms with Gasteiger partial charge in [0.2, 0.25) is 0 Å². The Hall–Kier alpha value is -1.34. The summed E-state index contributed by atoms with van der Waals surface area (Å²) >= 11 is 2.95. The van der Waals surface area contributed by atoms with Gasteiger partial charge < -0.3 is 19.7 Å². The number of rotatable bonds is 2. The molecule has 5 nitrogen and oxygen atoms in total. The number of fused-ring (bicyclic) bond motifs is 1. The smallest absolute Gasteiger partial charge is 0.337 e. The molecular formula is C10H8BrFO5. The fraction of sp³-hybridized carbons (Fsp3) is 0.300. The average molecular weight is 307 g/mol. The second kappa shape index (κ2) is 4.50. The van der Waals surface area contributed by atoms with E-state index in [9.17, 15) is 14.3 Å². The Bertz CT molecular complexity index is 476. The maximum absolute atomic E-state index is 13.8. The fourth-order valence-corrected chi connectivity index (χ4v) is 2.01. The van der Waals surface area contributed by atoms with E-state index in [0.717, 1.165) is 6.07 Å². The Morgan fingerprint density at radius 2 is 2.12 bits per heavy atom. The molecular weight excluding hydrogens is 299 g/mol. The molecule has 1 unspecified atom stereocenters. The van der Waals surface area contributed by atoms with E-state index in [1.165, 1.54) is 0 Å². The van der Waals surface area contributed by atoms with Gasteiger partial charge in [-0.05, 0) is 22.0 Å². The molecule has 2 N–H and O–H groups in total. The summed E-state index contributed by atoms with van der Waals surface area (Å²) < 4.78 is 24.1. The quantitative estimate of drug-likeness (QED) is 0.865. The highest BCUT2D eigenvalue weighted by molar-refractivity contribution is 9.10. The number of halogens is 2. The van der Waals surface area contributed by atoms with E-state index >= 15 is 0 Å². The highest BCUT2D eigenvalue weighted by Gasteiger charge is 2.27. The van der Waals surface area contributed by atoms with Crippen LogP contribution in [0.5, 0.6) is 11.5 Å². The minimum Gasteiger partial charge on any atom is -0.486 e. The van der Waals surface area contributed by atoms with Gasteiger partial charge in [-0.1, -0.05) is 0 Å². The summed E-state index contributed by atoms with van der Waals surface area (Å²) in [6, 6.07) is 1.13. The van der Waals surface area contributed by atoms with E-state index in [1.54, 1.807) is 0 Å². The van der Waals surface area contributed by atoms with Crippen LogP contribution in [0, 0.1) is 5.82 Å². The summed E-state index contributed by atoms with van der Waals surface area (Å²) in [7, 11) is 0. The molecule has 0 amide bonds. The van der Waals surface area contributed by atoms with Gasteiger partial charge in [-0.2, -0.15) is 0 Å². The minimum absolute atomic E-state index is 0.0509. The third kappa shape index (κ3) is 2.07. The predicted octanol–water partition coefficient (Wildman–Crippen LogP) is 1.48. The van der Waals surface area contributed by atoms with Crippen molar-refractivity contribution in [3.8, 4) is 11.5 Å². The van der Waals surface area contributed by atoms with E-state index in [1.807, 2.05) is 0 Å². The lowest BCUT2D eigenvalue weighted by Gasteiger charge is -2.21. The zero-order valence-electron chi connectivity index (χ0n) is 8.44. The van der Waals surface area contributed by atoms with E-state index in [2.05, 4.69) is 15.9 Å². The lowest BCUT2D eigenvalue weighted by atomic mass is 10.1. The van der Waals surface area contributed by atoms with E-state index in [-0.39, 0.29) is 34.7 Å². The number of benzene rings is 1. The number of ether oxygens (including phenoxy) is 2. The van der Waals surface area contributed by atoms with E-state index < -0.39 is 17.9 Å². The number of aliphatic carboxylic acids is 1. The second-order valence-electron chi connectivity index (χ2n) is 3.36. The van der Waals surface area contributed by atoms with Gasteiger partial charge in [-0.15, -0.1) is 0 Å². The van der Waals surface area contributed by atoms with E-state index in [0.29, 0.717) is 0 Å². The van der Waals surface area contributed by atoms with Crippen LogP contribution in [0.1, 0.15) is 11.7 Å². The first kappa shape index (κ1) is 12.1. The molecule has 0 saturated heterocycles. The van der Waals surface area contributed by atoms with Gasteiger partial charge >= 0.3 is 5.97 Å². The summed E-state index contributed by atoms with van der Waals surface area (Å²) in [5.74, 6) is -2.02. The molecule has 1 aliphatic rings. The molecule has 0 fully saturated rings. The Morgan fingerprint density at radius 3 is 2.76 bits per heavy atom. The molecule has 0 saturated carbocycles. The maximum Gasteiger partial charge on any atom is 0.337 e. The highest BCUT2D eigenvalue weighted by atomic mass is 79.9. The predicted molar refractivity (Wildman–Crippen MR) is 57.7 cm³/mol. The second-order valence-corrected chi connectivity index (χ2v) is 4.15. The van der Waals surface area contributed by atoms with Crippen molar-refractivity contribution in [1.29, 1.82) is 0 Å². The molecule has 0 radical (unpaired) electrons. The van der Waals surface area contributed by atoms with Gasteiger partial charge in [0.25, 0.3) is 0 Å². The standard InChI is InChI=1S/C10H8BrFO5/c11-6-7(12)4(8(13)10(14)15)3-5-9(6)17-2-1-16-5/h3,8,13H,1-2H2,(H,14,15). The zero-order chi connectivity index (χ0) is 12.6. The number of carboxylic acid groups (broad SMARTS) is 1. The van der Waals surface area contributed by atoms with Crippen LogP contribution in [0.2, 0.25) is 0 Å². The van der Waals surface area contributed by atoms with Crippen LogP contribution in [0.3, 0.4) is 0 Å². The van der Waals surface area contributed by atoms with Gasteiger partial charge in [-0.25, -0.2) is 9.18 Å². The number of carbonyl (C=O) groups is 1. The molecule has 92 valence electrons. The first-order valence-corrected chi connectivity index (χ1v) is 5.50. The van der Waals surface area contributed by atoms with Crippen molar-refractivity contribution < 1.29 is 28.9 Å². The molecule has 1 atom stereocenters. The maximum atomic E-state index is 13.8. The molecule has 17 heavy (non-hydrogen) atoms. The average Bonchev–Trinajstić information content (AvgIpc) is 2.33. The number of hydrogen-bond acceptors (Lipinski definition) is 4. The minimum atomic E-state index is -1.94. The fourth-order valence-electron chi connectivity index (χ4n) is 1.47. The van der Waals surface area contributed by atoms with Crippen LogP contribution < -0.4 is 9.47 Å². The van der Waals surface area contributed by atoms with Crippen molar-refractivity contribution in [2.24, 2.45) is 0 Å². The summed E-state index contributed by atoms with van der Waals surface area (Å²) in [5, 5.41) is 18.0. The van der Waals surface area contributed by atoms with Crippen molar-refractivity contribution in [3.63, 3.8) is 0 Å². The molecule has 2 rings (SSSR count). The Morgan fingerprint density at radius 1 is 1.47 bits per heavy atom. The lowest BCUT2D eigenvalue weighted by molar-refractivity contribution is -0.147. The summed E-state index contributed by atoms with van der Waals surface area (Å²) in [5.41, 5.74) is -0.367. The van der Waals surface area contributed by atoms with Crippen molar-refractivity contribution in [1.82, 2.24) is 0 Å². The van der Waals surface area contributed by atoms with Gasteiger partial charge in [0.15, 0.2) is 17.6 Å². The first-order valence-electron chi connectivity index (χ1n) is 4.70. The third-order valence-electron chi connectivity index (χ3n) is 2.27. The largest absolute Gasteiger partial charge is 0.486 e. The molecule has 7 heteroatoms. The lowest BCUT2D eigenvalue weighted by Crippen LogP contribution is -2.18. The van der Waals surface area contributed by atoms with Gasteiger partial charge in [0.1, 0.15) is 19.0 Å². The number of hydrogen-bond donors (Lipinski definition) is 2. The number of carboxylic acids is 1. The normalized spacial score (nSPS) is 15.5. The molecule has 0 bridgehead atoms. The van der Waals surface area contributed by atoms with Crippen LogP contribution in [0.15, 0.2) is 10.5 Å². The topological polar surface area (TPSA) is 76.0 Å². The Labute approximate surface area is 104 Å². The molecule has 0 aromatic heterocycles. The van der Waals surface area contributed by atoms with Crippen molar-refractivity contribution in [3.05, 3.63) is 21.9 Å². The number of aliphatic hydroxyl groups is 1. The first-order chi connectivity index (χ1) is 8.02. The van der Waals surface area contributed by atoms with Crippen LogP contribution in [0.4, 0.5) is 4.39 Å². The molecule has 1 aromatic rings. The van der Waals surface area contributed by atoms with Gasteiger partial charge in [0.05, 0.1) is 4.47 Å². The van der Waals surface area contributed by atoms with Crippen molar-refractivity contribution in [2.45, 2.75) is 6.10 Å². The Kier molecular flexibility index (Phi) is 3.21. The van der Waals surface area contributed by atoms with Gasteiger partial charge in [-0.3, -0.25) is 0 Å². The summed E-state index contributed by atoms with van der Waals surface area (Å²) in [6.45, 7) is 0.569. The van der Waals surface area contributed by atoms with Crippen LogP contribution in [0.25, 0.3) is 0 Å². The molecule has 0 aliphatic carbocycles. The SMILES string of the molecule is O=C(O)C(O)c1cc2c(c(Br)c1F)OCCO2. The number of aliphatic hydroxyl groups excluding tert-OH is 1. The summed E-state index contributed by atoms with van der Waals surface area (Å²) in [4.78, 5) is 10.6. The van der Waals surface area contributed by atoms with Gasteiger partial charge in [0, 0.05) is 5.56 Å². The molecule has 1 heterocycles. The molecule has 1 aliphatic heterocycles. The van der Waals surface area contributed by atoms with Crippen LogP contribution in [-0.4, -0.2) is 29.4 Å². The van der Waals surface area contributed by atoms with E-state index in [4.69, 9.17) is 14.6 Å². The summed E-state index contributed by atoms with van der Waals surface area (Å²) in [6.07, 6.45) is -1.94.